The number of hydrogen-bond donors (Lipinski definition) is 0. The third-order valence-corrected chi connectivity index (χ3v) is 5.16. The minimum absolute atomic E-state index is 0. The lowest BCUT2D eigenvalue weighted by Gasteiger charge is -2.44. The van der Waals surface area contributed by atoms with Gasteiger partial charge in [-0.15, -0.1) is 12.4 Å². The van der Waals surface area contributed by atoms with Gasteiger partial charge in [-0.2, -0.15) is 0 Å². The van der Waals surface area contributed by atoms with Crippen molar-refractivity contribution >= 4 is 12.4 Å². The molecule has 0 amide bonds. The highest BCUT2D eigenvalue weighted by atomic mass is 35.5. The van der Waals surface area contributed by atoms with Gasteiger partial charge in [0.15, 0.2) is 0 Å². The zero-order valence-electron chi connectivity index (χ0n) is 13.1. The third-order valence-electron chi connectivity index (χ3n) is 5.16. The molecule has 3 heteroatoms. The monoisotopic (exact) mass is 315 g/mol. The molecule has 22 heavy (non-hydrogen) atoms. The molecule has 1 aliphatic carbocycles. The largest absolute Gasteiger partial charge is 0.497 e. The maximum absolute atomic E-state index is 5.46. The van der Waals surface area contributed by atoms with Crippen molar-refractivity contribution in [2.24, 2.45) is 0 Å². The third kappa shape index (κ3) is 2.31. The van der Waals surface area contributed by atoms with Crippen LogP contribution in [-0.4, -0.2) is 25.1 Å². The maximum atomic E-state index is 5.46. The number of rotatable bonds is 1. The number of likely N-dealkylation sites (N-methyl/N-ethyl adjacent to an activating group) is 1. The molecule has 2 aliphatic rings. The van der Waals surface area contributed by atoms with Crippen molar-refractivity contribution in [1.29, 1.82) is 0 Å². The van der Waals surface area contributed by atoms with E-state index in [2.05, 4.69) is 54.4 Å². The number of methoxy groups -OCH3 is 1. The molecule has 116 valence electrons. The first-order valence-electron chi connectivity index (χ1n) is 7.73. The van der Waals surface area contributed by atoms with Crippen molar-refractivity contribution in [2.45, 2.75) is 31.3 Å². The molecule has 0 fully saturated rings. The van der Waals surface area contributed by atoms with Crippen LogP contribution in [0.25, 0.3) is 0 Å². The zero-order valence-corrected chi connectivity index (χ0v) is 13.9. The van der Waals surface area contributed by atoms with Gasteiger partial charge in [-0.25, -0.2) is 0 Å². The van der Waals surface area contributed by atoms with E-state index < -0.39 is 0 Å². The highest BCUT2D eigenvalue weighted by Gasteiger charge is 2.37. The van der Waals surface area contributed by atoms with E-state index in [-0.39, 0.29) is 12.4 Å². The number of hydrogen-bond acceptors (Lipinski definition) is 2. The van der Waals surface area contributed by atoms with Crippen LogP contribution in [0.5, 0.6) is 5.75 Å². The number of ether oxygens (including phenoxy) is 1. The predicted molar refractivity (Wildman–Crippen MR) is 92.1 cm³/mol. The van der Waals surface area contributed by atoms with Gasteiger partial charge in [-0.05, 0) is 54.3 Å². The molecule has 0 unspecified atom stereocenters. The van der Waals surface area contributed by atoms with Crippen molar-refractivity contribution in [2.75, 3.05) is 14.2 Å². The maximum Gasteiger partial charge on any atom is 0.119 e. The van der Waals surface area contributed by atoms with E-state index in [1.165, 1.54) is 35.1 Å². The lowest BCUT2D eigenvalue weighted by molar-refractivity contribution is 0.178. The van der Waals surface area contributed by atoms with Crippen LogP contribution in [0.4, 0.5) is 0 Å². The second kappa shape index (κ2) is 5.94. The van der Waals surface area contributed by atoms with Gasteiger partial charge in [0.25, 0.3) is 0 Å². The first-order valence-corrected chi connectivity index (χ1v) is 7.73. The Labute approximate surface area is 138 Å². The molecule has 0 aromatic heterocycles. The molecule has 0 radical (unpaired) electrons. The summed E-state index contributed by atoms with van der Waals surface area (Å²) in [7, 11) is 4.02. The fraction of sp³-hybridized carbons (Fsp3) is 0.368. The van der Waals surface area contributed by atoms with Crippen LogP contribution in [0.3, 0.4) is 0 Å². The molecule has 2 aromatic carbocycles. The van der Waals surface area contributed by atoms with E-state index in [4.69, 9.17) is 4.74 Å². The van der Waals surface area contributed by atoms with Crippen LogP contribution in [-0.2, 0) is 13.0 Å². The summed E-state index contributed by atoms with van der Waals surface area (Å²) in [5, 5.41) is 0. The Morgan fingerprint density at radius 3 is 2.68 bits per heavy atom. The molecule has 0 spiro atoms. The van der Waals surface area contributed by atoms with Crippen LogP contribution < -0.4 is 4.74 Å². The van der Waals surface area contributed by atoms with Gasteiger partial charge >= 0.3 is 0 Å². The molecule has 0 N–H and O–H groups in total. The van der Waals surface area contributed by atoms with Gasteiger partial charge in [-0.3, -0.25) is 4.90 Å². The van der Waals surface area contributed by atoms with Gasteiger partial charge in [-0.1, -0.05) is 30.3 Å². The number of fused-ring (bicyclic) bond motifs is 5. The average Bonchev–Trinajstić information content (AvgIpc) is 2.54. The molecule has 1 heterocycles. The molecular formula is C19H22ClNO. The molecule has 1 aliphatic heterocycles. The Hall–Kier alpha value is -1.51. The molecule has 2 aromatic rings. The molecule has 0 saturated carbocycles. The molecule has 2 atom stereocenters. The fourth-order valence-corrected chi connectivity index (χ4v) is 4.11. The fourth-order valence-electron chi connectivity index (χ4n) is 4.11. The number of nitrogens with zero attached hydrogens (tertiary/aromatic N) is 1. The lowest BCUT2D eigenvalue weighted by Crippen LogP contribution is -2.43. The second-order valence-electron chi connectivity index (χ2n) is 6.26. The molecule has 2 nitrogen and oxygen atoms in total. The van der Waals surface area contributed by atoms with E-state index in [0.29, 0.717) is 12.0 Å². The Kier molecular flexibility index (Phi) is 4.16. The van der Waals surface area contributed by atoms with E-state index in [1.54, 1.807) is 7.11 Å². The average molecular weight is 316 g/mol. The number of benzene rings is 2. The quantitative estimate of drug-likeness (QED) is 0.788. The summed E-state index contributed by atoms with van der Waals surface area (Å²) in [4.78, 5) is 2.52. The van der Waals surface area contributed by atoms with E-state index in [0.717, 1.165) is 12.3 Å². The Bertz CT molecular complexity index is 685. The molecule has 0 bridgehead atoms. The first-order chi connectivity index (χ1) is 10.3. The summed E-state index contributed by atoms with van der Waals surface area (Å²) in [6.07, 6.45) is 2.42. The van der Waals surface area contributed by atoms with Crippen molar-refractivity contribution in [3.63, 3.8) is 0 Å². The van der Waals surface area contributed by atoms with E-state index >= 15 is 0 Å². The van der Waals surface area contributed by atoms with Crippen molar-refractivity contribution in [1.82, 2.24) is 4.90 Å². The summed E-state index contributed by atoms with van der Waals surface area (Å²) in [6.45, 7) is 1.07. The van der Waals surface area contributed by atoms with Gasteiger partial charge in [0.05, 0.1) is 7.11 Å². The van der Waals surface area contributed by atoms with E-state index in [9.17, 15) is 0 Å². The van der Waals surface area contributed by atoms with Crippen LogP contribution >= 0.6 is 12.4 Å². The highest BCUT2D eigenvalue weighted by Crippen LogP contribution is 2.44. The Morgan fingerprint density at radius 2 is 1.86 bits per heavy atom. The van der Waals surface area contributed by atoms with Gasteiger partial charge in [0.2, 0.25) is 0 Å². The second-order valence-corrected chi connectivity index (χ2v) is 6.26. The summed E-state index contributed by atoms with van der Waals surface area (Å²) in [5.74, 6) is 1.46. The van der Waals surface area contributed by atoms with Crippen LogP contribution in [0.1, 0.15) is 34.6 Å². The smallest absolute Gasteiger partial charge is 0.119 e. The molecular weight excluding hydrogens is 294 g/mol. The molecule has 4 rings (SSSR count). The first kappa shape index (κ1) is 15.4. The topological polar surface area (TPSA) is 12.5 Å². The standard InChI is InChI=1S/C19H21NO.ClH/c1-20-12-14-5-3-4-6-16(14)19-17-11-15(21-2)9-7-13(17)8-10-18(19)20;/h3-7,9,11,18-19H,8,10,12H2,1-2H3;1H/t18-,19-;/m0./s1. The normalized spacial score (nSPS) is 22.8. The minimum Gasteiger partial charge on any atom is -0.497 e. The SMILES string of the molecule is COc1ccc2c(c1)[C@@H]1c3ccccc3CN(C)[C@H]1CC2.Cl. The van der Waals surface area contributed by atoms with Gasteiger partial charge in [0, 0.05) is 18.5 Å². The molecule has 0 saturated heterocycles. The van der Waals surface area contributed by atoms with Crippen LogP contribution in [0.2, 0.25) is 0 Å². The van der Waals surface area contributed by atoms with Gasteiger partial charge in [0.1, 0.15) is 5.75 Å². The lowest BCUT2D eigenvalue weighted by atomic mass is 9.72. The highest BCUT2D eigenvalue weighted by molar-refractivity contribution is 5.85. The minimum atomic E-state index is 0. The number of aryl methyl sites for hydroxylation is 1. The van der Waals surface area contributed by atoms with Crippen molar-refractivity contribution in [3.8, 4) is 5.75 Å². The van der Waals surface area contributed by atoms with Crippen LogP contribution in [0.15, 0.2) is 42.5 Å². The van der Waals surface area contributed by atoms with E-state index in [1.807, 2.05) is 0 Å². The van der Waals surface area contributed by atoms with Crippen molar-refractivity contribution < 1.29 is 4.74 Å². The summed E-state index contributed by atoms with van der Waals surface area (Å²) < 4.78 is 5.46. The Morgan fingerprint density at radius 1 is 1.05 bits per heavy atom. The zero-order chi connectivity index (χ0) is 14.4. The van der Waals surface area contributed by atoms with Crippen molar-refractivity contribution in [3.05, 3.63) is 64.7 Å². The summed E-state index contributed by atoms with van der Waals surface area (Å²) in [6, 6.07) is 16.1. The Balaban J connectivity index is 0.00000144. The summed E-state index contributed by atoms with van der Waals surface area (Å²) in [5.41, 5.74) is 5.93. The summed E-state index contributed by atoms with van der Waals surface area (Å²) >= 11 is 0. The number of halogens is 1. The van der Waals surface area contributed by atoms with Crippen LogP contribution in [0, 0.1) is 0 Å². The van der Waals surface area contributed by atoms with Gasteiger partial charge < -0.3 is 4.74 Å². The predicted octanol–water partition coefficient (Wildman–Crippen LogP) is 4.01.